The minimum Gasteiger partial charge on any atom is -0.313 e. The number of hydrogen-bond acceptors (Lipinski definition) is 3. The van der Waals surface area contributed by atoms with Gasteiger partial charge in [-0.25, -0.2) is 13.1 Å². The molecule has 0 spiro atoms. The fourth-order valence-electron chi connectivity index (χ4n) is 1.65. The minimum atomic E-state index is -3.51. The quantitative estimate of drug-likeness (QED) is 0.788. The van der Waals surface area contributed by atoms with E-state index >= 15 is 0 Å². The first kappa shape index (κ1) is 16.7. The Morgan fingerprint density at radius 2 is 2.00 bits per heavy atom. The molecule has 0 saturated heterocycles. The molecule has 2 N–H and O–H groups in total. The van der Waals surface area contributed by atoms with Crippen molar-refractivity contribution in [3.05, 3.63) is 28.8 Å². The summed E-state index contributed by atoms with van der Waals surface area (Å²) in [5, 5.41) is 3.54. The van der Waals surface area contributed by atoms with Gasteiger partial charge in [-0.2, -0.15) is 0 Å². The van der Waals surface area contributed by atoms with Gasteiger partial charge in [0.25, 0.3) is 0 Å². The Hall–Kier alpha value is -0.330. The molecule has 4 nitrogen and oxygen atoms in total. The first-order valence-corrected chi connectivity index (χ1v) is 7.85. The molecule has 108 valence electrons. The van der Waals surface area contributed by atoms with E-state index in [9.17, 15) is 8.42 Å². The smallest absolute Gasteiger partial charge is 0.242 e. The first-order valence-electron chi connectivity index (χ1n) is 5.99. The highest BCUT2D eigenvalue weighted by Crippen LogP contribution is 2.24. The Morgan fingerprint density at radius 3 is 2.63 bits per heavy atom. The van der Waals surface area contributed by atoms with Gasteiger partial charge in [-0.05, 0) is 31.4 Å². The summed E-state index contributed by atoms with van der Waals surface area (Å²) in [5.74, 6) is 0. The fourth-order valence-corrected chi connectivity index (χ4v) is 3.27. The summed E-state index contributed by atoms with van der Waals surface area (Å²) < 4.78 is 26.6. The molecule has 1 aromatic carbocycles. The number of halogens is 2. The summed E-state index contributed by atoms with van der Waals surface area (Å²) in [7, 11) is -3.51. The number of hydrogen-bond donors (Lipinski definition) is 2. The Bertz CT molecular complexity index is 531. The van der Waals surface area contributed by atoms with Crippen molar-refractivity contribution in [3.8, 4) is 0 Å². The fraction of sp³-hybridized carbons (Fsp3) is 0.500. The van der Waals surface area contributed by atoms with Gasteiger partial charge < -0.3 is 5.32 Å². The third kappa shape index (κ3) is 4.61. The molecule has 2 rings (SSSR count). The van der Waals surface area contributed by atoms with Crippen LogP contribution in [0.2, 0.25) is 5.02 Å². The molecule has 0 amide bonds. The van der Waals surface area contributed by atoms with E-state index in [1.165, 1.54) is 18.9 Å². The zero-order valence-corrected chi connectivity index (χ0v) is 13.0. The maximum absolute atomic E-state index is 12.0. The summed E-state index contributed by atoms with van der Waals surface area (Å²) >= 11 is 6.02. The van der Waals surface area contributed by atoms with E-state index in [0.717, 1.165) is 5.56 Å². The van der Waals surface area contributed by atoms with Crippen LogP contribution in [0.15, 0.2) is 23.1 Å². The van der Waals surface area contributed by atoms with Crippen molar-refractivity contribution in [1.29, 1.82) is 0 Å². The Balaban J connectivity index is 0.00000180. The highest BCUT2D eigenvalue weighted by molar-refractivity contribution is 7.89. The number of sulfonamides is 1. The molecule has 0 heterocycles. The molecule has 1 aliphatic rings. The number of aryl methyl sites for hydroxylation is 1. The molecule has 1 fully saturated rings. The molecule has 19 heavy (non-hydrogen) atoms. The van der Waals surface area contributed by atoms with Gasteiger partial charge in [0.1, 0.15) is 4.90 Å². The van der Waals surface area contributed by atoms with Crippen molar-refractivity contribution >= 4 is 34.0 Å². The van der Waals surface area contributed by atoms with E-state index in [1.807, 2.05) is 0 Å². The Morgan fingerprint density at radius 1 is 1.32 bits per heavy atom. The van der Waals surface area contributed by atoms with Gasteiger partial charge in [-0.3, -0.25) is 0 Å². The number of nitrogens with one attached hydrogen (secondary N) is 2. The van der Waals surface area contributed by atoms with Crippen LogP contribution in [0.4, 0.5) is 0 Å². The summed E-state index contributed by atoms with van der Waals surface area (Å²) in [6.45, 7) is 2.81. The molecule has 1 aliphatic carbocycles. The molecule has 0 radical (unpaired) electrons. The molecule has 1 saturated carbocycles. The van der Waals surface area contributed by atoms with Gasteiger partial charge in [0.15, 0.2) is 0 Å². The lowest BCUT2D eigenvalue weighted by Crippen LogP contribution is -2.32. The van der Waals surface area contributed by atoms with E-state index < -0.39 is 10.0 Å². The summed E-state index contributed by atoms with van der Waals surface area (Å²) in [6, 6.07) is 5.58. The van der Waals surface area contributed by atoms with Gasteiger partial charge in [-0.1, -0.05) is 23.7 Å². The van der Waals surface area contributed by atoms with Gasteiger partial charge in [0.05, 0.1) is 5.02 Å². The normalized spacial score (nSPS) is 15.1. The monoisotopic (exact) mass is 324 g/mol. The van der Waals surface area contributed by atoms with E-state index in [1.54, 1.807) is 19.1 Å². The average Bonchev–Trinajstić information content (AvgIpc) is 3.12. The Kier molecular flexibility index (Phi) is 6.08. The standard InChI is InChI=1S/C12H17ClN2O2S.ClH/c1-9-3-2-4-11(12(9)13)18(16,17)15-8-7-14-10-5-6-10;/h2-4,10,14-15H,5-8H2,1H3;1H. The van der Waals surface area contributed by atoms with Crippen LogP contribution in [0.5, 0.6) is 0 Å². The zero-order valence-electron chi connectivity index (χ0n) is 10.6. The molecule has 0 unspecified atom stereocenters. The van der Waals surface area contributed by atoms with Crippen molar-refractivity contribution < 1.29 is 8.42 Å². The molecule has 1 aromatic rings. The van der Waals surface area contributed by atoms with Crippen molar-refractivity contribution in [2.75, 3.05) is 13.1 Å². The van der Waals surface area contributed by atoms with Crippen LogP contribution in [-0.2, 0) is 10.0 Å². The molecule has 0 atom stereocenters. The van der Waals surface area contributed by atoms with Crippen molar-refractivity contribution in [3.63, 3.8) is 0 Å². The SMILES string of the molecule is Cc1cccc(S(=O)(=O)NCCNC2CC2)c1Cl.Cl. The van der Waals surface area contributed by atoms with Gasteiger partial charge in [0.2, 0.25) is 10.0 Å². The van der Waals surface area contributed by atoms with Crippen LogP contribution in [-0.4, -0.2) is 27.5 Å². The second kappa shape index (κ2) is 6.90. The van der Waals surface area contributed by atoms with Crippen LogP contribution in [0.3, 0.4) is 0 Å². The topological polar surface area (TPSA) is 58.2 Å². The van der Waals surface area contributed by atoms with Gasteiger partial charge in [-0.15, -0.1) is 12.4 Å². The van der Waals surface area contributed by atoms with Gasteiger partial charge >= 0.3 is 0 Å². The maximum Gasteiger partial charge on any atom is 0.242 e. The van der Waals surface area contributed by atoms with Gasteiger partial charge in [0, 0.05) is 19.1 Å². The molecule has 0 aromatic heterocycles. The first-order chi connectivity index (χ1) is 8.50. The van der Waals surface area contributed by atoms with Crippen LogP contribution in [0.25, 0.3) is 0 Å². The second-order valence-electron chi connectivity index (χ2n) is 4.51. The van der Waals surface area contributed by atoms with E-state index in [0.29, 0.717) is 24.2 Å². The van der Waals surface area contributed by atoms with Crippen LogP contribution >= 0.6 is 24.0 Å². The minimum absolute atomic E-state index is 0. The zero-order chi connectivity index (χ0) is 13.2. The largest absolute Gasteiger partial charge is 0.313 e. The number of benzene rings is 1. The molecular formula is C12H18Cl2N2O2S. The average molecular weight is 325 g/mol. The molecule has 0 aliphatic heterocycles. The van der Waals surface area contributed by atoms with Crippen LogP contribution in [0, 0.1) is 6.92 Å². The predicted molar refractivity (Wildman–Crippen MR) is 79.7 cm³/mol. The molecule has 0 bridgehead atoms. The van der Waals surface area contributed by atoms with Crippen molar-refractivity contribution in [2.45, 2.75) is 30.7 Å². The number of rotatable bonds is 6. The van der Waals surface area contributed by atoms with Crippen LogP contribution in [0.1, 0.15) is 18.4 Å². The lowest BCUT2D eigenvalue weighted by molar-refractivity contribution is 0.575. The molecule has 7 heteroatoms. The third-order valence-electron chi connectivity index (χ3n) is 2.87. The maximum atomic E-state index is 12.0. The van der Waals surface area contributed by atoms with E-state index in [4.69, 9.17) is 11.6 Å². The summed E-state index contributed by atoms with van der Waals surface area (Å²) in [6.07, 6.45) is 2.38. The van der Waals surface area contributed by atoms with E-state index in [-0.39, 0.29) is 17.3 Å². The predicted octanol–water partition coefficient (Wildman–Crippen LogP) is 2.10. The second-order valence-corrected chi connectivity index (χ2v) is 6.63. The van der Waals surface area contributed by atoms with Crippen molar-refractivity contribution in [2.24, 2.45) is 0 Å². The highest BCUT2D eigenvalue weighted by Gasteiger charge is 2.21. The molecular weight excluding hydrogens is 307 g/mol. The van der Waals surface area contributed by atoms with E-state index in [2.05, 4.69) is 10.0 Å². The van der Waals surface area contributed by atoms with Crippen LogP contribution < -0.4 is 10.0 Å². The van der Waals surface area contributed by atoms with Crippen molar-refractivity contribution in [1.82, 2.24) is 10.0 Å². The lowest BCUT2D eigenvalue weighted by atomic mass is 10.2. The summed E-state index contributed by atoms with van der Waals surface area (Å²) in [4.78, 5) is 0.149. The lowest BCUT2D eigenvalue weighted by Gasteiger charge is -2.10. The summed E-state index contributed by atoms with van der Waals surface area (Å²) in [5.41, 5.74) is 0.760. The highest BCUT2D eigenvalue weighted by atomic mass is 35.5. The Labute approximate surface area is 125 Å². The third-order valence-corrected chi connectivity index (χ3v) is 4.99.